The molecular weight excluding hydrogens is 308 g/mol. The Labute approximate surface area is 139 Å². The summed E-state index contributed by atoms with van der Waals surface area (Å²) < 4.78 is 0. The Hall–Kier alpha value is -2.27. The Morgan fingerprint density at radius 2 is 1.83 bits per heavy atom. The normalized spacial score (nSPS) is 13.6. The van der Waals surface area contributed by atoms with Crippen LogP contribution in [0, 0.1) is 0 Å². The Balaban J connectivity index is 1.55. The van der Waals surface area contributed by atoms with Gasteiger partial charge < -0.3 is 10.2 Å². The number of nitrogens with zero attached hydrogens (tertiary/aromatic N) is 1. The van der Waals surface area contributed by atoms with Gasteiger partial charge in [-0.15, -0.1) is 11.8 Å². The predicted octanol–water partition coefficient (Wildman–Crippen LogP) is 2.83. The van der Waals surface area contributed by atoms with Gasteiger partial charge in [-0.1, -0.05) is 42.5 Å². The van der Waals surface area contributed by atoms with Gasteiger partial charge in [0.1, 0.15) is 0 Å². The van der Waals surface area contributed by atoms with Crippen molar-refractivity contribution in [3.8, 4) is 0 Å². The van der Waals surface area contributed by atoms with Gasteiger partial charge in [0.2, 0.25) is 11.8 Å². The van der Waals surface area contributed by atoms with E-state index in [0.717, 1.165) is 16.1 Å². The molecule has 0 saturated heterocycles. The summed E-state index contributed by atoms with van der Waals surface area (Å²) in [5.41, 5.74) is 1.97. The van der Waals surface area contributed by atoms with Gasteiger partial charge in [-0.05, 0) is 17.7 Å². The fourth-order valence-electron chi connectivity index (χ4n) is 2.50. The summed E-state index contributed by atoms with van der Waals surface area (Å²) in [6.45, 7) is 0.928. The van der Waals surface area contributed by atoms with E-state index in [1.165, 1.54) is 0 Å². The molecule has 1 heterocycles. The number of para-hydroxylation sites is 1. The van der Waals surface area contributed by atoms with Crippen LogP contribution in [0.25, 0.3) is 0 Å². The molecule has 0 spiro atoms. The van der Waals surface area contributed by atoms with Crippen LogP contribution in [0.3, 0.4) is 0 Å². The SMILES string of the molecule is O=C(CCN1C(=O)CSc2ccccc21)NCc1ccccc1. The van der Waals surface area contributed by atoms with Gasteiger partial charge in [0, 0.05) is 24.4 Å². The molecule has 2 amide bonds. The zero-order valence-corrected chi connectivity index (χ0v) is 13.5. The highest BCUT2D eigenvalue weighted by Gasteiger charge is 2.24. The van der Waals surface area contributed by atoms with Crippen LogP contribution in [0.5, 0.6) is 0 Å². The maximum atomic E-state index is 12.1. The van der Waals surface area contributed by atoms with Crippen molar-refractivity contribution in [2.24, 2.45) is 0 Å². The molecular formula is C18H18N2O2S. The average Bonchev–Trinajstić information content (AvgIpc) is 2.60. The standard InChI is InChI=1S/C18H18N2O2S/c21-17(19-12-14-6-2-1-3-7-14)10-11-20-15-8-4-5-9-16(15)23-13-18(20)22/h1-9H,10-13H2,(H,19,21). The van der Waals surface area contributed by atoms with Gasteiger partial charge in [0.05, 0.1) is 11.4 Å². The molecule has 0 fully saturated rings. The summed E-state index contributed by atoms with van der Waals surface area (Å²) in [5.74, 6) is 0.449. The molecule has 0 aliphatic carbocycles. The second-order valence-corrected chi connectivity index (χ2v) is 6.33. The van der Waals surface area contributed by atoms with Crippen LogP contribution in [-0.2, 0) is 16.1 Å². The number of thioether (sulfide) groups is 1. The Bertz CT molecular complexity index is 703. The summed E-state index contributed by atoms with van der Waals surface area (Å²) >= 11 is 1.55. The van der Waals surface area contributed by atoms with Gasteiger partial charge in [-0.25, -0.2) is 0 Å². The topological polar surface area (TPSA) is 49.4 Å². The lowest BCUT2D eigenvalue weighted by molar-refractivity contribution is -0.121. The smallest absolute Gasteiger partial charge is 0.237 e. The zero-order chi connectivity index (χ0) is 16.1. The largest absolute Gasteiger partial charge is 0.352 e. The lowest BCUT2D eigenvalue weighted by Crippen LogP contribution is -2.38. The van der Waals surface area contributed by atoms with Gasteiger partial charge in [-0.2, -0.15) is 0 Å². The summed E-state index contributed by atoms with van der Waals surface area (Å²) in [5, 5.41) is 2.90. The van der Waals surface area contributed by atoms with Crippen LogP contribution in [0.15, 0.2) is 59.5 Å². The van der Waals surface area contributed by atoms with Gasteiger partial charge in [0.15, 0.2) is 0 Å². The number of carbonyl (C=O) groups excluding carboxylic acids is 2. The van der Waals surface area contributed by atoms with Crippen molar-refractivity contribution >= 4 is 29.3 Å². The van der Waals surface area contributed by atoms with E-state index in [9.17, 15) is 9.59 Å². The molecule has 0 radical (unpaired) electrons. The summed E-state index contributed by atoms with van der Waals surface area (Å²) in [7, 11) is 0. The molecule has 0 bridgehead atoms. The highest BCUT2D eigenvalue weighted by molar-refractivity contribution is 8.00. The summed E-state index contributed by atoms with van der Waals surface area (Å²) in [6, 6.07) is 17.6. The highest BCUT2D eigenvalue weighted by atomic mass is 32.2. The Morgan fingerprint density at radius 3 is 2.65 bits per heavy atom. The van der Waals surface area contributed by atoms with E-state index < -0.39 is 0 Å². The number of amides is 2. The number of anilines is 1. The van der Waals surface area contributed by atoms with Crippen molar-refractivity contribution in [1.29, 1.82) is 0 Å². The minimum Gasteiger partial charge on any atom is -0.352 e. The Kier molecular flexibility index (Phi) is 4.98. The van der Waals surface area contributed by atoms with E-state index >= 15 is 0 Å². The van der Waals surface area contributed by atoms with Gasteiger partial charge in [-0.3, -0.25) is 9.59 Å². The molecule has 5 heteroatoms. The molecule has 2 aromatic carbocycles. The average molecular weight is 326 g/mol. The van der Waals surface area contributed by atoms with Crippen molar-refractivity contribution in [1.82, 2.24) is 5.32 Å². The number of fused-ring (bicyclic) bond motifs is 1. The van der Waals surface area contributed by atoms with E-state index in [2.05, 4.69) is 5.32 Å². The third kappa shape index (κ3) is 3.93. The highest BCUT2D eigenvalue weighted by Crippen LogP contribution is 2.34. The van der Waals surface area contributed by atoms with E-state index in [-0.39, 0.29) is 11.8 Å². The quantitative estimate of drug-likeness (QED) is 0.919. The van der Waals surface area contributed by atoms with Crippen molar-refractivity contribution in [3.63, 3.8) is 0 Å². The third-order valence-corrected chi connectivity index (χ3v) is 4.75. The second kappa shape index (κ2) is 7.33. The molecule has 3 rings (SSSR count). The van der Waals surface area contributed by atoms with Crippen LogP contribution >= 0.6 is 11.8 Å². The summed E-state index contributed by atoms with van der Waals surface area (Å²) in [6.07, 6.45) is 0.303. The number of rotatable bonds is 5. The molecule has 0 unspecified atom stereocenters. The molecule has 0 atom stereocenters. The second-order valence-electron chi connectivity index (χ2n) is 5.31. The Morgan fingerprint density at radius 1 is 1.09 bits per heavy atom. The van der Waals surface area contributed by atoms with Crippen molar-refractivity contribution in [3.05, 3.63) is 60.2 Å². The zero-order valence-electron chi connectivity index (χ0n) is 12.7. The monoisotopic (exact) mass is 326 g/mol. The molecule has 4 nitrogen and oxygen atoms in total. The number of hydrogen-bond donors (Lipinski definition) is 1. The maximum Gasteiger partial charge on any atom is 0.237 e. The van der Waals surface area contributed by atoms with Gasteiger partial charge >= 0.3 is 0 Å². The maximum absolute atomic E-state index is 12.1. The molecule has 0 aromatic heterocycles. The van der Waals surface area contributed by atoms with Crippen molar-refractivity contribution in [2.75, 3.05) is 17.2 Å². The number of hydrogen-bond acceptors (Lipinski definition) is 3. The molecule has 1 N–H and O–H groups in total. The number of carbonyl (C=O) groups is 2. The fraction of sp³-hybridized carbons (Fsp3) is 0.222. The lowest BCUT2D eigenvalue weighted by Gasteiger charge is -2.28. The summed E-state index contributed by atoms with van der Waals surface area (Å²) in [4.78, 5) is 27.0. The van der Waals surface area contributed by atoms with Gasteiger partial charge in [0.25, 0.3) is 0 Å². The lowest BCUT2D eigenvalue weighted by atomic mass is 10.2. The van der Waals surface area contributed by atoms with E-state index in [1.54, 1.807) is 16.7 Å². The van der Waals surface area contributed by atoms with Crippen LogP contribution in [0.4, 0.5) is 5.69 Å². The molecule has 0 saturated carbocycles. The minimum absolute atomic E-state index is 0.0441. The molecule has 1 aliphatic heterocycles. The van der Waals surface area contributed by atoms with Crippen LogP contribution < -0.4 is 10.2 Å². The number of benzene rings is 2. The van der Waals surface area contributed by atoms with E-state index in [1.807, 2.05) is 54.6 Å². The molecule has 1 aliphatic rings. The number of nitrogens with one attached hydrogen (secondary N) is 1. The molecule has 2 aromatic rings. The van der Waals surface area contributed by atoms with Crippen molar-refractivity contribution in [2.45, 2.75) is 17.9 Å². The van der Waals surface area contributed by atoms with Crippen LogP contribution in [0.1, 0.15) is 12.0 Å². The van der Waals surface area contributed by atoms with Crippen LogP contribution in [-0.4, -0.2) is 24.1 Å². The minimum atomic E-state index is -0.0441. The molecule has 118 valence electrons. The van der Waals surface area contributed by atoms with Crippen molar-refractivity contribution < 1.29 is 9.59 Å². The molecule has 23 heavy (non-hydrogen) atoms. The first-order valence-electron chi connectivity index (χ1n) is 7.57. The fourth-order valence-corrected chi connectivity index (χ4v) is 3.43. The van der Waals surface area contributed by atoms with E-state index in [4.69, 9.17) is 0 Å². The first-order chi connectivity index (χ1) is 11.2. The van der Waals surface area contributed by atoms with E-state index in [0.29, 0.717) is 25.3 Å². The predicted molar refractivity (Wildman–Crippen MR) is 92.4 cm³/mol. The first kappa shape index (κ1) is 15.6. The van der Waals surface area contributed by atoms with Crippen LogP contribution in [0.2, 0.25) is 0 Å². The third-order valence-electron chi connectivity index (χ3n) is 3.70. The first-order valence-corrected chi connectivity index (χ1v) is 8.55.